The van der Waals surface area contributed by atoms with E-state index in [0.717, 1.165) is 4.80 Å². The summed E-state index contributed by atoms with van der Waals surface area (Å²) in [5, 5.41) is 26.3. The van der Waals surface area contributed by atoms with Gasteiger partial charge in [-0.1, -0.05) is 11.6 Å². The summed E-state index contributed by atoms with van der Waals surface area (Å²) in [6, 6.07) is 4.01. The molecule has 0 radical (unpaired) electrons. The van der Waals surface area contributed by atoms with Gasteiger partial charge in [-0.05, 0) is 13.0 Å². The molecule has 0 saturated carbocycles. The maximum Gasteiger partial charge on any atom is 0.345 e. The SMILES string of the molecule is CC(OC(F)F)c1c(NC(=O)Nc2cnc(-n3nccn3)c(C#N)c2)cnc2cc(Cl)nn12. The molecule has 12 nitrogen and oxygen atoms in total. The van der Waals surface area contributed by atoms with Crippen molar-refractivity contribution in [1.82, 2.24) is 34.6 Å². The molecule has 0 fully saturated rings. The van der Waals surface area contributed by atoms with Gasteiger partial charge in [0.1, 0.15) is 17.7 Å². The Balaban J connectivity index is 1.60. The number of halogens is 3. The zero-order valence-corrected chi connectivity index (χ0v) is 17.4. The van der Waals surface area contributed by atoms with E-state index in [2.05, 4.69) is 40.6 Å². The average Bonchev–Trinajstić information content (AvgIpc) is 3.41. The van der Waals surface area contributed by atoms with Crippen LogP contribution in [0.3, 0.4) is 0 Å². The molecule has 4 aromatic heterocycles. The minimum absolute atomic E-state index is 0.0544. The van der Waals surface area contributed by atoms with Crippen molar-refractivity contribution < 1.29 is 18.3 Å². The van der Waals surface area contributed by atoms with E-state index in [1.165, 1.54) is 48.4 Å². The molecule has 0 spiro atoms. The van der Waals surface area contributed by atoms with Crippen molar-refractivity contribution in [3.63, 3.8) is 0 Å². The number of anilines is 2. The molecule has 15 heteroatoms. The number of hydrogen-bond acceptors (Lipinski definition) is 8. The fraction of sp³-hybridized carbons (Fsp3) is 0.167. The number of carbonyl (C=O) groups is 1. The minimum atomic E-state index is -3.06. The van der Waals surface area contributed by atoms with Gasteiger partial charge in [0.15, 0.2) is 16.6 Å². The van der Waals surface area contributed by atoms with E-state index in [1.54, 1.807) is 0 Å². The van der Waals surface area contributed by atoms with Crippen LogP contribution in [0.1, 0.15) is 24.3 Å². The lowest BCUT2D eigenvalue weighted by Crippen LogP contribution is -2.23. The second-order valence-corrected chi connectivity index (χ2v) is 6.83. The van der Waals surface area contributed by atoms with Crippen LogP contribution in [0.4, 0.5) is 25.0 Å². The third kappa shape index (κ3) is 4.68. The van der Waals surface area contributed by atoms with E-state index < -0.39 is 18.7 Å². The van der Waals surface area contributed by atoms with Gasteiger partial charge in [0.25, 0.3) is 0 Å². The lowest BCUT2D eigenvalue weighted by molar-refractivity contribution is -0.160. The van der Waals surface area contributed by atoms with Crippen LogP contribution < -0.4 is 10.6 Å². The molecule has 0 aliphatic carbocycles. The lowest BCUT2D eigenvalue weighted by Gasteiger charge is -2.18. The number of nitrogens with zero attached hydrogens (tertiary/aromatic N) is 8. The molecule has 4 heterocycles. The Morgan fingerprint density at radius 2 is 1.97 bits per heavy atom. The number of urea groups is 1. The number of ether oxygens (including phenoxy) is 1. The Hall–Kier alpha value is -4.22. The summed E-state index contributed by atoms with van der Waals surface area (Å²) >= 11 is 5.90. The molecule has 2 amide bonds. The van der Waals surface area contributed by atoms with Crippen LogP contribution in [0.15, 0.2) is 36.9 Å². The summed E-state index contributed by atoms with van der Waals surface area (Å²) in [5.41, 5.74) is 0.723. The molecule has 1 unspecified atom stereocenters. The van der Waals surface area contributed by atoms with Crippen molar-refractivity contribution in [2.24, 2.45) is 0 Å². The predicted octanol–water partition coefficient (Wildman–Crippen LogP) is 3.17. The van der Waals surface area contributed by atoms with Gasteiger partial charge in [0, 0.05) is 6.07 Å². The Labute approximate surface area is 188 Å². The summed E-state index contributed by atoms with van der Waals surface area (Å²) in [5.74, 6) is 0.180. The maximum absolute atomic E-state index is 12.8. The Morgan fingerprint density at radius 1 is 1.21 bits per heavy atom. The van der Waals surface area contributed by atoms with Gasteiger partial charge in [-0.25, -0.2) is 19.3 Å². The van der Waals surface area contributed by atoms with E-state index >= 15 is 0 Å². The van der Waals surface area contributed by atoms with E-state index in [0.29, 0.717) is 0 Å². The summed E-state index contributed by atoms with van der Waals surface area (Å²) in [6.07, 6.45) is 4.25. The predicted molar refractivity (Wildman–Crippen MR) is 110 cm³/mol. The lowest BCUT2D eigenvalue weighted by atomic mass is 10.2. The summed E-state index contributed by atoms with van der Waals surface area (Å²) < 4.78 is 31.4. The fourth-order valence-electron chi connectivity index (χ4n) is 3.01. The van der Waals surface area contributed by atoms with Crippen LogP contribution in [-0.2, 0) is 4.74 Å². The van der Waals surface area contributed by atoms with Crippen molar-refractivity contribution in [3.05, 3.63) is 53.3 Å². The molecule has 0 aromatic carbocycles. The number of alkyl halides is 2. The normalized spacial score (nSPS) is 12.0. The summed E-state index contributed by atoms with van der Waals surface area (Å²) in [7, 11) is 0. The zero-order valence-electron chi connectivity index (χ0n) is 16.6. The molecule has 0 bridgehead atoms. The Bertz CT molecular complexity index is 1350. The van der Waals surface area contributed by atoms with Gasteiger partial charge in [-0.2, -0.15) is 29.3 Å². The largest absolute Gasteiger partial charge is 0.345 e. The zero-order chi connectivity index (χ0) is 23.5. The number of carbonyl (C=O) groups excluding carboxylic acids is 1. The molecular weight excluding hydrogens is 462 g/mol. The molecule has 168 valence electrons. The highest BCUT2D eigenvalue weighted by Gasteiger charge is 2.22. The highest BCUT2D eigenvalue weighted by atomic mass is 35.5. The van der Waals surface area contributed by atoms with Gasteiger partial charge < -0.3 is 15.4 Å². The van der Waals surface area contributed by atoms with Crippen LogP contribution >= 0.6 is 11.6 Å². The molecular formula is C18H13ClF2N10O2. The molecule has 4 aromatic rings. The minimum Gasteiger partial charge on any atom is -0.313 e. The standard InChI is InChI=1S/C18H13ClF2N10O2/c1-9(33-17(20)21)15-12(8-23-14-5-13(19)29-30(14)15)28-18(32)27-11-4-10(6-22)16(24-7-11)31-25-2-3-26-31/h2-5,7-9,17H,1H3,(H2,27,28,32). The molecule has 2 N–H and O–H groups in total. The second kappa shape index (κ2) is 9.10. The van der Waals surface area contributed by atoms with Gasteiger partial charge in [-0.15, -0.1) is 4.80 Å². The smallest absolute Gasteiger partial charge is 0.313 e. The molecule has 33 heavy (non-hydrogen) atoms. The number of amides is 2. The highest BCUT2D eigenvalue weighted by Crippen LogP contribution is 2.28. The maximum atomic E-state index is 12.8. The van der Waals surface area contributed by atoms with E-state index in [-0.39, 0.29) is 39.3 Å². The van der Waals surface area contributed by atoms with Crippen LogP contribution in [0, 0.1) is 11.3 Å². The molecule has 1 atom stereocenters. The van der Waals surface area contributed by atoms with Crippen LogP contribution in [0.25, 0.3) is 11.5 Å². The monoisotopic (exact) mass is 474 g/mol. The fourth-order valence-corrected chi connectivity index (χ4v) is 3.18. The van der Waals surface area contributed by atoms with Gasteiger partial charge in [0.2, 0.25) is 0 Å². The third-order valence-corrected chi connectivity index (χ3v) is 4.47. The van der Waals surface area contributed by atoms with E-state index in [9.17, 15) is 18.8 Å². The highest BCUT2D eigenvalue weighted by molar-refractivity contribution is 6.29. The topological polar surface area (TPSA) is 148 Å². The quantitative estimate of drug-likeness (QED) is 0.433. The van der Waals surface area contributed by atoms with Crippen LogP contribution in [-0.4, -0.2) is 47.2 Å². The molecule has 4 rings (SSSR count). The molecule has 0 aliphatic heterocycles. The number of pyridine rings is 1. The second-order valence-electron chi connectivity index (χ2n) is 6.44. The first-order chi connectivity index (χ1) is 15.9. The van der Waals surface area contributed by atoms with Crippen LogP contribution in [0.2, 0.25) is 5.15 Å². The van der Waals surface area contributed by atoms with Gasteiger partial charge >= 0.3 is 12.6 Å². The first-order valence-electron chi connectivity index (χ1n) is 9.18. The number of nitrogens with one attached hydrogen (secondary N) is 2. The van der Waals surface area contributed by atoms with Gasteiger partial charge in [-0.3, -0.25) is 0 Å². The van der Waals surface area contributed by atoms with E-state index in [1.807, 2.05) is 6.07 Å². The van der Waals surface area contributed by atoms with Gasteiger partial charge in [0.05, 0.1) is 41.9 Å². The summed E-state index contributed by atoms with van der Waals surface area (Å²) in [4.78, 5) is 22.0. The average molecular weight is 475 g/mol. The first-order valence-corrected chi connectivity index (χ1v) is 9.56. The number of nitriles is 1. The number of hydrogen-bond donors (Lipinski definition) is 2. The van der Waals surface area contributed by atoms with Crippen molar-refractivity contribution in [2.75, 3.05) is 10.6 Å². The first kappa shape index (κ1) is 22.0. The Kier molecular flexibility index (Phi) is 6.07. The van der Waals surface area contributed by atoms with E-state index in [4.69, 9.17) is 11.6 Å². The number of fused-ring (bicyclic) bond motifs is 1. The molecule has 0 aliphatic rings. The van der Waals surface area contributed by atoms with Crippen molar-refractivity contribution in [3.8, 4) is 11.9 Å². The number of rotatable bonds is 6. The van der Waals surface area contributed by atoms with Crippen molar-refractivity contribution in [1.29, 1.82) is 5.26 Å². The number of aromatic nitrogens is 7. The molecule has 0 saturated heterocycles. The van der Waals surface area contributed by atoms with Crippen molar-refractivity contribution in [2.45, 2.75) is 19.6 Å². The Morgan fingerprint density at radius 3 is 2.67 bits per heavy atom. The van der Waals surface area contributed by atoms with Crippen LogP contribution in [0.5, 0.6) is 0 Å². The summed E-state index contributed by atoms with van der Waals surface area (Å²) in [6.45, 7) is -1.70. The van der Waals surface area contributed by atoms with Crippen molar-refractivity contribution >= 4 is 34.7 Å². The third-order valence-electron chi connectivity index (χ3n) is 4.28.